The smallest absolute Gasteiger partial charge is 0.242 e. The molecular weight excluding hydrogens is 361 g/mol. The Labute approximate surface area is 152 Å². The number of aromatic nitrogens is 1. The minimum absolute atomic E-state index is 0.0274. The average Bonchev–Trinajstić information content (AvgIpc) is 3.20. The molecule has 1 aromatic heterocycles. The summed E-state index contributed by atoms with van der Waals surface area (Å²) in [5, 5.41) is 2.30. The molecule has 1 atom stereocenters. The van der Waals surface area contributed by atoms with Crippen molar-refractivity contribution in [1.29, 1.82) is 0 Å². The van der Waals surface area contributed by atoms with E-state index in [0.717, 1.165) is 0 Å². The van der Waals surface area contributed by atoms with Crippen LogP contribution in [0, 0.1) is 5.82 Å². The summed E-state index contributed by atoms with van der Waals surface area (Å²) in [6, 6.07) is 5.31. The van der Waals surface area contributed by atoms with Crippen molar-refractivity contribution in [3.63, 3.8) is 0 Å². The lowest BCUT2D eigenvalue weighted by Crippen LogP contribution is -2.32. The second kappa shape index (κ2) is 7.71. The average molecular weight is 375 g/mol. The van der Waals surface area contributed by atoms with Gasteiger partial charge in [0.05, 0.1) is 5.25 Å². The van der Waals surface area contributed by atoms with Gasteiger partial charge in [-0.15, -0.1) is 17.9 Å². The Bertz CT molecular complexity index is 819. The van der Waals surface area contributed by atoms with Gasteiger partial charge in [-0.2, -0.15) is 4.99 Å². The number of halogens is 1. The molecule has 8 heteroatoms. The van der Waals surface area contributed by atoms with Gasteiger partial charge in [0.25, 0.3) is 0 Å². The van der Waals surface area contributed by atoms with E-state index >= 15 is 0 Å². The fourth-order valence-electron chi connectivity index (χ4n) is 2.30. The molecule has 25 heavy (non-hydrogen) atoms. The summed E-state index contributed by atoms with van der Waals surface area (Å²) in [5.74, 6) is -0.798. The van der Waals surface area contributed by atoms with Crippen molar-refractivity contribution in [2.75, 3.05) is 6.54 Å². The van der Waals surface area contributed by atoms with E-state index in [1.165, 1.54) is 52.3 Å². The van der Waals surface area contributed by atoms with Crippen LogP contribution in [0.3, 0.4) is 0 Å². The first kappa shape index (κ1) is 17.5. The molecule has 1 aromatic carbocycles. The number of ketones is 1. The number of hydrogen-bond donors (Lipinski definition) is 0. The van der Waals surface area contributed by atoms with Gasteiger partial charge in [0, 0.05) is 30.1 Å². The summed E-state index contributed by atoms with van der Waals surface area (Å²) in [6.45, 7) is 3.98. The Morgan fingerprint density at radius 1 is 1.40 bits per heavy atom. The van der Waals surface area contributed by atoms with Gasteiger partial charge in [-0.1, -0.05) is 17.8 Å². The first-order valence-corrected chi connectivity index (χ1v) is 9.20. The largest absolute Gasteiger partial charge is 0.294 e. The van der Waals surface area contributed by atoms with E-state index in [9.17, 15) is 14.0 Å². The molecule has 0 N–H and O–H groups in total. The molecular formula is C17H14FN3O2S2. The van der Waals surface area contributed by atoms with Gasteiger partial charge in [0.15, 0.2) is 11.0 Å². The van der Waals surface area contributed by atoms with Crippen molar-refractivity contribution in [3.05, 3.63) is 59.9 Å². The van der Waals surface area contributed by atoms with Gasteiger partial charge >= 0.3 is 0 Å². The number of carbonyl (C=O) groups excluding carboxylic acids is 2. The highest BCUT2D eigenvalue weighted by atomic mass is 32.2. The van der Waals surface area contributed by atoms with Crippen LogP contribution < -0.4 is 0 Å². The Kier molecular flexibility index (Phi) is 5.40. The molecule has 0 bridgehead atoms. The third-order valence-electron chi connectivity index (χ3n) is 3.48. The molecule has 0 radical (unpaired) electrons. The quantitative estimate of drug-likeness (QED) is 0.571. The number of aliphatic imine (C=N–C) groups is 1. The van der Waals surface area contributed by atoms with Crippen molar-refractivity contribution in [1.82, 2.24) is 9.88 Å². The molecule has 128 valence electrons. The summed E-state index contributed by atoms with van der Waals surface area (Å²) in [6.07, 6.45) is 3.28. The normalized spacial score (nSPS) is 18.8. The Balaban J connectivity index is 1.78. The Morgan fingerprint density at radius 3 is 2.80 bits per heavy atom. The van der Waals surface area contributed by atoms with Gasteiger partial charge in [-0.25, -0.2) is 9.37 Å². The van der Waals surface area contributed by atoms with Gasteiger partial charge < -0.3 is 0 Å². The van der Waals surface area contributed by atoms with Gasteiger partial charge in [0.2, 0.25) is 11.0 Å². The number of rotatable bonds is 6. The van der Waals surface area contributed by atoms with E-state index in [1.54, 1.807) is 17.7 Å². The second-order valence-corrected chi connectivity index (χ2v) is 7.23. The molecule has 0 saturated carbocycles. The molecule has 3 rings (SSSR count). The van der Waals surface area contributed by atoms with Crippen LogP contribution >= 0.6 is 23.1 Å². The SMILES string of the molecule is C=CCN1C(=O)C(CC(=O)c2ccc(F)cc2)S/C1=N/c1nccs1. The van der Waals surface area contributed by atoms with E-state index in [2.05, 4.69) is 16.6 Å². The maximum Gasteiger partial charge on any atom is 0.242 e. The first-order valence-electron chi connectivity index (χ1n) is 7.44. The molecule has 5 nitrogen and oxygen atoms in total. The monoisotopic (exact) mass is 375 g/mol. The lowest BCUT2D eigenvalue weighted by molar-refractivity contribution is -0.125. The number of hydrogen-bond acceptors (Lipinski definition) is 6. The molecule has 0 spiro atoms. The third kappa shape index (κ3) is 4.02. The van der Waals surface area contributed by atoms with Crippen LogP contribution in [0.2, 0.25) is 0 Å². The predicted octanol–water partition coefficient (Wildman–Crippen LogP) is 3.67. The van der Waals surface area contributed by atoms with Gasteiger partial charge in [0.1, 0.15) is 5.82 Å². The van der Waals surface area contributed by atoms with Crippen molar-refractivity contribution in [2.24, 2.45) is 4.99 Å². The van der Waals surface area contributed by atoms with Crippen LogP contribution in [0.1, 0.15) is 16.8 Å². The molecule has 1 aliphatic heterocycles. The van der Waals surface area contributed by atoms with E-state index in [-0.39, 0.29) is 18.1 Å². The highest BCUT2D eigenvalue weighted by Crippen LogP contribution is 2.32. The minimum atomic E-state index is -0.559. The molecule has 1 saturated heterocycles. The zero-order valence-corrected chi connectivity index (χ0v) is 14.7. The number of carbonyl (C=O) groups is 2. The highest BCUT2D eigenvalue weighted by Gasteiger charge is 2.38. The van der Waals surface area contributed by atoms with E-state index in [4.69, 9.17) is 0 Å². The van der Waals surface area contributed by atoms with Crippen molar-refractivity contribution < 1.29 is 14.0 Å². The number of benzene rings is 1. The summed E-state index contributed by atoms with van der Waals surface area (Å²) in [4.78, 5) is 35.0. The Morgan fingerprint density at radius 2 is 2.16 bits per heavy atom. The zero-order chi connectivity index (χ0) is 17.8. The highest BCUT2D eigenvalue weighted by molar-refractivity contribution is 8.15. The van der Waals surface area contributed by atoms with Crippen molar-refractivity contribution in [3.8, 4) is 0 Å². The lowest BCUT2D eigenvalue weighted by atomic mass is 10.1. The van der Waals surface area contributed by atoms with Crippen LogP contribution in [0.5, 0.6) is 0 Å². The fourth-order valence-corrected chi connectivity index (χ4v) is 4.01. The molecule has 1 aliphatic rings. The van der Waals surface area contributed by atoms with Crippen LogP contribution in [0.4, 0.5) is 9.52 Å². The number of thiazole rings is 1. The zero-order valence-electron chi connectivity index (χ0n) is 13.1. The number of amidine groups is 1. The second-order valence-electron chi connectivity index (χ2n) is 5.19. The number of amides is 1. The van der Waals surface area contributed by atoms with E-state index in [1.807, 2.05) is 0 Å². The number of nitrogens with zero attached hydrogens (tertiary/aromatic N) is 3. The van der Waals surface area contributed by atoms with E-state index < -0.39 is 11.1 Å². The van der Waals surface area contributed by atoms with Crippen LogP contribution in [0.25, 0.3) is 0 Å². The maximum atomic E-state index is 13.0. The third-order valence-corrected chi connectivity index (χ3v) is 5.32. The van der Waals surface area contributed by atoms with Gasteiger partial charge in [-0.05, 0) is 24.3 Å². The Hall–Kier alpha value is -2.32. The van der Waals surface area contributed by atoms with Crippen LogP contribution in [-0.4, -0.2) is 38.5 Å². The summed E-state index contributed by atoms with van der Waals surface area (Å²) >= 11 is 2.61. The number of thioether (sulfide) groups is 1. The minimum Gasteiger partial charge on any atom is -0.294 e. The molecule has 1 unspecified atom stereocenters. The number of Topliss-reactive ketones (excluding diaryl/α,β-unsaturated/α-hetero) is 1. The first-order chi connectivity index (χ1) is 12.1. The summed E-state index contributed by atoms with van der Waals surface area (Å²) < 4.78 is 13.0. The molecule has 0 aliphatic carbocycles. The molecule has 2 heterocycles. The van der Waals surface area contributed by atoms with Gasteiger partial charge in [-0.3, -0.25) is 14.5 Å². The molecule has 1 amide bonds. The predicted molar refractivity (Wildman–Crippen MR) is 97.8 cm³/mol. The topological polar surface area (TPSA) is 62.6 Å². The van der Waals surface area contributed by atoms with Crippen molar-refractivity contribution >= 4 is 45.1 Å². The van der Waals surface area contributed by atoms with E-state index in [0.29, 0.717) is 22.4 Å². The molecule has 2 aromatic rings. The van der Waals surface area contributed by atoms with Crippen LogP contribution in [0.15, 0.2) is 53.5 Å². The summed E-state index contributed by atoms with van der Waals surface area (Å²) in [5.41, 5.74) is 0.385. The summed E-state index contributed by atoms with van der Waals surface area (Å²) in [7, 11) is 0. The lowest BCUT2D eigenvalue weighted by Gasteiger charge is -2.13. The van der Waals surface area contributed by atoms with Crippen LogP contribution in [-0.2, 0) is 4.79 Å². The standard InChI is InChI=1S/C17H14FN3O2S2/c1-2-8-21-15(23)14(25-17(21)20-16-19-7-9-24-16)10-13(22)11-3-5-12(18)6-4-11/h2-7,9,14H,1,8,10H2/b20-17+. The van der Waals surface area contributed by atoms with Crippen molar-refractivity contribution in [2.45, 2.75) is 11.7 Å². The molecule has 1 fully saturated rings. The maximum absolute atomic E-state index is 13.0. The fraction of sp³-hybridized carbons (Fsp3) is 0.176.